The number of benzene rings is 3. The Labute approximate surface area is 303 Å². The zero-order valence-corrected chi connectivity index (χ0v) is 32.3. The van der Waals surface area contributed by atoms with Crippen LogP contribution in [0.3, 0.4) is 0 Å². The minimum Gasteiger partial charge on any atom is -0.256 e. The van der Waals surface area contributed by atoms with E-state index in [1.54, 1.807) is 5.56 Å². The number of nitrogens with zero attached hydrogens (tertiary/aromatic N) is 2. The standard InChI is InChI=1S/C46H52N2P2/c1-44(2,36-15-7-5-8-16-36)39-26-35(31-50(42-19-11-13-21-47-42)43-20-12-14-22-48-43)38(27-40(39)45(3,4)37-17-9-6-10-18-37)46-28-32-23-33(29-46)25-34(24-32)41(46)30-49/h5-22,26-27,32-34,41H,23-25,28-31,49H2,1-4H3. The molecule has 50 heavy (non-hydrogen) atoms. The largest absolute Gasteiger partial charge is 0.256 e. The summed E-state index contributed by atoms with van der Waals surface area (Å²) in [5.74, 6) is 3.25. The molecule has 0 amide bonds. The molecule has 0 radical (unpaired) electrons. The van der Waals surface area contributed by atoms with Crippen LogP contribution in [-0.2, 0) is 22.4 Å². The fourth-order valence-corrected chi connectivity index (χ4v) is 13.7. The highest BCUT2D eigenvalue weighted by Crippen LogP contribution is 2.65. The molecule has 2 aromatic heterocycles. The molecule has 2 nitrogen and oxygen atoms in total. The van der Waals surface area contributed by atoms with Crippen molar-refractivity contribution in [2.45, 2.75) is 82.2 Å². The molecule has 0 spiro atoms. The van der Waals surface area contributed by atoms with E-state index in [9.17, 15) is 0 Å². The average molecular weight is 695 g/mol. The van der Waals surface area contributed by atoms with Gasteiger partial charge in [-0.15, -0.1) is 9.24 Å². The van der Waals surface area contributed by atoms with Crippen LogP contribution in [0.2, 0.25) is 0 Å². The molecule has 2 heterocycles. The van der Waals surface area contributed by atoms with Crippen molar-refractivity contribution in [1.82, 2.24) is 9.97 Å². The van der Waals surface area contributed by atoms with E-state index in [1.807, 2.05) is 24.5 Å². The Bertz CT molecular complexity index is 1870. The predicted molar refractivity (Wildman–Crippen MR) is 215 cm³/mol. The highest BCUT2D eigenvalue weighted by molar-refractivity contribution is 7.71. The number of pyridine rings is 2. The van der Waals surface area contributed by atoms with Gasteiger partial charge < -0.3 is 0 Å². The first-order valence-electron chi connectivity index (χ1n) is 18.8. The summed E-state index contributed by atoms with van der Waals surface area (Å²) in [4.78, 5) is 10.0. The van der Waals surface area contributed by atoms with Gasteiger partial charge in [0.1, 0.15) is 0 Å². The Balaban J connectivity index is 1.41. The van der Waals surface area contributed by atoms with E-state index in [1.165, 1.54) is 66.1 Å². The lowest BCUT2D eigenvalue weighted by Gasteiger charge is -2.62. The molecule has 4 aliphatic carbocycles. The Morgan fingerprint density at radius 2 is 1.16 bits per heavy atom. The first kappa shape index (κ1) is 33.9. The molecule has 9 rings (SSSR count). The van der Waals surface area contributed by atoms with E-state index < -0.39 is 7.92 Å². The first-order valence-corrected chi connectivity index (χ1v) is 21.1. The topological polar surface area (TPSA) is 25.8 Å². The van der Waals surface area contributed by atoms with Gasteiger partial charge in [0.05, 0.1) is 10.9 Å². The van der Waals surface area contributed by atoms with Crippen molar-refractivity contribution in [3.63, 3.8) is 0 Å². The summed E-state index contributed by atoms with van der Waals surface area (Å²) in [6.07, 6.45) is 13.0. The highest BCUT2D eigenvalue weighted by Gasteiger charge is 2.57. The molecule has 0 aliphatic heterocycles. The van der Waals surface area contributed by atoms with Crippen LogP contribution in [-0.4, -0.2) is 16.1 Å². The molecule has 4 aliphatic rings. The normalized spacial score (nSPS) is 24.5. The van der Waals surface area contributed by atoms with Crippen molar-refractivity contribution in [1.29, 1.82) is 0 Å². The molecule has 5 aromatic rings. The van der Waals surface area contributed by atoms with Crippen LogP contribution in [0.4, 0.5) is 0 Å². The van der Waals surface area contributed by atoms with Gasteiger partial charge in [-0.2, -0.15) is 0 Å². The second-order valence-electron chi connectivity index (χ2n) is 16.6. The zero-order chi connectivity index (χ0) is 34.5. The SMILES string of the molecule is CC(C)(c1ccccc1)c1cc(CP(c2ccccn2)c2ccccn2)c(C23CC4CC(CC(C4)C2CP)C3)cc1C(C)(C)c1ccccc1. The zero-order valence-electron chi connectivity index (χ0n) is 30.2. The van der Waals surface area contributed by atoms with E-state index in [2.05, 4.69) is 134 Å². The maximum Gasteiger partial charge on any atom is 0.0695 e. The van der Waals surface area contributed by atoms with Gasteiger partial charge >= 0.3 is 0 Å². The summed E-state index contributed by atoms with van der Waals surface area (Å²) in [5, 5.41) is 0. The van der Waals surface area contributed by atoms with Crippen LogP contribution >= 0.6 is 17.2 Å². The van der Waals surface area contributed by atoms with E-state index in [0.29, 0.717) is 5.92 Å². The van der Waals surface area contributed by atoms with E-state index in [4.69, 9.17) is 9.97 Å². The second-order valence-corrected chi connectivity index (χ2v) is 19.2. The lowest BCUT2D eigenvalue weighted by Crippen LogP contribution is -2.56. The van der Waals surface area contributed by atoms with Gasteiger partial charge in [-0.3, -0.25) is 9.97 Å². The van der Waals surface area contributed by atoms with Gasteiger partial charge in [0.25, 0.3) is 0 Å². The molecular formula is C46H52N2P2. The highest BCUT2D eigenvalue weighted by atomic mass is 31.1. The van der Waals surface area contributed by atoms with Crippen LogP contribution in [0, 0.1) is 23.7 Å². The summed E-state index contributed by atoms with van der Waals surface area (Å²) < 4.78 is 0. The summed E-state index contributed by atoms with van der Waals surface area (Å²) in [5.41, 5.74) is 11.0. The lowest BCUT2D eigenvalue weighted by atomic mass is 9.43. The van der Waals surface area contributed by atoms with Crippen molar-refractivity contribution in [3.8, 4) is 0 Å². The van der Waals surface area contributed by atoms with Crippen molar-refractivity contribution in [2.24, 2.45) is 23.7 Å². The smallest absolute Gasteiger partial charge is 0.0695 e. The molecule has 4 atom stereocenters. The molecule has 4 heteroatoms. The maximum atomic E-state index is 5.01. The molecule has 256 valence electrons. The Morgan fingerprint density at radius 3 is 1.64 bits per heavy atom. The van der Waals surface area contributed by atoms with Crippen LogP contribution in [0.5, 0.6) is 0 Å². The van der Waals surface area contributed by atoms with Crippen LogP contribution in [0.25, 0.3) is 0 Å². The molecule has 4 saturated carbocycles. The fourth-order valence-electron chi connectivity index (χ4n) is 10.8. The summed E-state index contributed by atoms with van der Waals surface area (Å²) in [6, 6.07) is 40.8. The maximum absolute atomic E-state index is 5.01. The molecule has 4 unspecified atom stereocenters. The van der Waals surface area contributed by atoms with Crippen molar-refractivity contribution >= 4 is 28.0 Å². The molecule has 4 fully saturated rings. The number of hydrogen-bond acceptors (Lipinski definition) is 2. The Kier molecular flexibility index (Phi) is 9.11. The van der Waals surface area contributed by atoms with E-state index in [-0.39, 0.29) is 16.2 Å². The third-order valence-corrected chi connectivity index (χ3v) is 15.9. The van der Waals surface area contributed by atoms with E-state index >= 15 is 0 Å². The summed E-state index contributed by atoms with van der Waals surface area (Å²) in [7, 11) is 2.41. The van der Waals surface area contributed by atoms with Crippen LogP contribution < -0.4 is 10.9 Å². The van der Waals surface area contributed by atoms with Crippen molar-refractivity contribution in [3.05, 3.63) is 155 Å². The fraction of sp³-hybridized carbons (Fsp3) is 0.391. The van der Waals surface area contributed by atoms with Crippen molar-refractivity contribution < 1.29 is 0 Å². The minimum absolute atomic E-state index is 0.179. The van der Waals surface area contributed by atoms with Gasteiger partial charge in [0.2, 0.25) is 0 Å². The quantitative estimate of drug-likeness (QED) is 0.136. The second kappa shape index (κ2) is 13.4. The van der Waals surface area contributed by atoms with Gasteiger partial charge in [0.15, 0.2) is 0 Å². The number of hydrogen-bond donors (Lipinski definition) is 0. The Morgan fingerprint density at radius 1 is 0.660 bits per heavy atom. The van der Waals surface area contributed by atoms with Gasteiger partial charge in [-0.05, 0) is 125 Å². The molecule has 0 saturated heterocycles. The van der Waals surface area contributed by atoms with Gasteiger partial charge in [-0.1, -0.05) is 113 Å². The monoisotopic (exact) mass is 694 g/mol. The number of aromatic nitrogens is 2. The van der Waals surface area contributed by atoms with Crippen LogP contribution in [0.1, 0.15) is 93.2 Å². The van der Waals surface area contributed by atoms with Gasteiger partial charge in [-0.25, -0.2) is 0 Å². The third-order valence-electron chi connectivity index (χ3n) is 13.1. The molecule has 3 aromatic carbocycles. The molecular weight excluding hydrogens is 642 g/mol. The number of rotatable bonds is 10. The predicted octanol–water partition coefficient (Wildman–Crippen LogP) is 10.3. The summed E-state index contributed by atoms with van der Waals surface area (Å²) >= 11 is 0. The van der Waals surface area contributed by atoms with Crippen LogP contribution in [0.15, 0.2) is 122 Å². The Hall–Kier alpha value is -3.18. The first-order chi connectivity index (χ1) is 24.2. The minimum atomic E-state index is -0.815. The third kappa shape index (κ3) is 5.90. The molecule has 0 N–H and O–H groups in total. The lowest BCUT2D eigenvalue weighted by molar-refractivity contribution is -0.0521. The molecule has 4 bridgehead atoms. The average Bonchev–Trinajstić information content (AvgIpc) is 3.14. The van der Waals surface area contributed by atoms with Crippen molar-refractivity contribution in [2.75, 3.05) is 6.16 Å². The van der Waals surface area contributed by atoms with Gasteiger partial charge in [0, 0.05) is 37.3 Å². The summed E-state index contributed by atoms with van der Waals surface area (Å²) in [6.45, 7) is 9.82. The van der Waals surface area contributed by atoms with E-state index in [0.717, 1.165) is 34.8 Å².